The van der Waals surface area contributed by atoms with E-state index in [1.54, 1.807) is 18.2 Å². The van der Waals surface area contributed by atoms with Crippen molar-refractivity contribution in [1.29, 1.82) is 0 Å². The lowest BCUT2D eigenvalue weighted by Crippen LogP contribution is -2.35. The van der Waals surface area contributed by atoms with Gasteiger partial charge in [0.2, 0.25) is 0 Å². The fourth-order valence-corrected chi connectivity index (χ4v) is 2.95. The van der Waals surface area contributed by atoms with E-state index in [1.807, 2.05) is 80.6 Å². The van der Waals surface area contributed by atoms with E-state index in [2.05, 4.69) is 10.6 Å². The van der Waals surface area contributed by atoms with Crippen molar-refractivity contribution in [2.24, 2.45) is 0 Å². The summed E-state index contributed by atoms with van der Waals surface area (Å²) in [6, 6.07) is 25.0. The molecular formula is C26H26N2O2. The van der Waals surface area contributed by atoms with Crippen molar-refractivity contribution in [3.63, 3.8) is 0 Å². The molecule has 0 saturated heterocycles. The van der Waals surface area contributed by atoms with Crippen LogP contribution in [0.4, 0.5) is 0 Å². The molecule has 0 atom stereocenters. The molecule has 0 spiro atoms. The Kier molecular flexibility index (Phi) is 7.17. The topological polar surface area (TPSA) is 58.2 Å². The van der Waals surface area contributed by atoms with Gasteiger partial charge in [-0.3, -0.25) is 9.59 Å². The normalized spacial score (nSPS) is 11.1. The molecular weight excluding hydrogens is 372 g/mol. The number of carbonyl (C=O) groups excluding carboxylic acids is 2. The molecule has 2 N–H and O–H groups in total. The minimum absolute atomic E-state index is 0.220. The summed E-state index contributed by atoms with van der Waals surface area (Å²) in [5, 5.41) is 5.68. The van der Waals surface area contributed by atoms with E-state index in [9.17, 15) is 9.59 Å². The van der Waals surface area contributed by atoms with Gasteiger partial charge in [-0.1, -0.05) is 77.9 Å². The van der Waals surface area contributed by atoms with E-state index < -0.39 is 0 Å². The van der Waals surface area contributed by atoms with Crippen LogP contribution in [0.3, 0.4) is 0 Å². The number of amides is 2. The Morgan fingerprint density at radius 1 is 0.800 bits per heavy atom. The molecule has 0 heterocycles. The molecule has 152 valence electrons. The third kappa shape index (κ3) is 6.17. The molecule has 0 aromatic heterocycles. The summed E-state index contributed by atoms with van der Waals surface area (Å²) < 4.78 is 0. The summed E-state index contributed by atoms with van der Waals surface area (Å²) >= 11 is 0. The van der Waals surface area contributed by atoms with Crippen LogP contribution in [-0.2, 0) is 11.2 Å². The zero-order valence-corrected chi connectivity index (χ0v) is 17.3. The molecule has 30 heavy (non-hydrogen) atoms. The molecule has 3 aromatic rings. The highest BCUT2D eigenvalue weighted by Gasteiger charge is 2.14. The van der Waals surface area contributed by atoms with Crippen molar-refractivity contribution >= 4 is 17.9 Å². The SMILES string of the molecule is Cc1ccc(/C=C(\NC(=O)c2ccc(C)cc2)C(=O)NCCc2ccccc2)cc1. The van der Waals surface area contributed by atoms with Crippen LogP contribution in [0.15, 0.2) is 84.6 Å². The van der Waals surface area contributed by atoms with E-state index in [1.165, 1.54) is 0 Å². The standard InChI is InChI=1S/C26H26N2O2/c1-19-8-12-22(13-9-19)18-24(28-25(29)23-14-10-20(2)11-15-23)26(30)27-17-16-21-6-4-3-5-7-21/h3-15,18H,16-17H2,1-2H3,(H,27,30)(H,28,29)/b24-18-. The average Bonchev–Trinajstić information content (AvgIpc) is 2.76. The molecule has 0 aliphatic rings. The van der Waals surface area contributed by atoms with Crippen LogP contribution in [0.2, 0.25) is 0 Å². The lowest BCUT2D eigenvalue weighted by Gasteiger charge is -2.12. The third-order valence-corrected chi connectivity index (χ3v) is 4.74. The van der Waals surface area contributed by atoms with E-state index in [0.717, 1.165) is 28.7 Å². The van der Waals surface area contributed by atoms with Crippen molar-refractivity contribution in [1.82, 2.24) is 10.6 Å². The van der Waals surface area contributed by atoms with Crippen molar-refractivity contribution in [3.8, 4) is 0 Å². The number of rotatable bonds is 7. The molecule has 0 aliphatic heterocycles. The Morgan fingerprint density at radius 2 is 1.40 bits per heavy atom. The Bertz CT molecular complexity index is 1020. The summed E-state index contributed by atoms with van der Waals surface area (Å²) in [4.78, 5) is 25.5. The molecule has 4 nitrogen and oxygen atoms in total. The highest BCUT2D eigenvalue weighted by atomic mass is 16.2. The van der Waals surface area contributed by atoms with Crippen LogP contribution in [0, 0.1) is 13.8 Å². The quantitative estimate of drug-likeness (QED) is 0.579. The molecule has 0 fully saturated rings. The predicted molar refractivity (Wildman–Crippen MR) is 121 cm³/mol. The van der Waals surface area contributed by atoms with Gasteiger partial charge in [-0.05, 0) is 49.6 Å². The molecule has 3 aromatic carbocycles. The fraction of sp³-hybridized carbons (Fsp3) is 0.154. The average molecular weight is 399 g/mol. The first-order valence-electron chi connectivity index (χ1n) is 10.00. The maximum Gasteiger partial charge on any atom is 0.267 e. The fourth-order valence-electron chi connectivity index (χ4n) is 2.95. The van der Waals surface area contributed by atoms with Gasteiger partial charge in [0.15, 0.2) is 0 Å². The molecule has 0 saturated carbocycles. The number of aryl methyl sites for hydroxylation is 2. The van der Waals surface area contributed by atoms with Crippen molar-refractivity contribution in [3.05, 3.63) is 112 Å². The summed E-state index contributed by atoms with van der Waals surface area (Å²) in [6.07, 6.45) is 2.42. The lowest BCUT2D eigenvalue weighted by atomic mass is 10.1. The minimum atomic E-state index is -0.313. The van der Waals surface area contributed by atoms with Gasteiger partial charge in [-0.15, -0.1) is 0 Å². The number of hydrogen-bond acceptors (Lipinski definition) is 2. The van der Waals surface area contributed by atoms with Crippen molar-refractivity contribution < 1.29 is 9.59 Å². The second-order valence-electron chi connectivity index (χ2n) is 7.28. The second kappa shape index (κ2) is 10.2. The Labute approximate surface area is 177 Å². The Morgan fingerprint density at radius 3 is 2.03 bits per heavy atom. The monoisotopic (exact) mass is 398 g/mol. The highest BCUT2D eigenvalue weighted by Crippen LogP contribution is 2.10. The maximum absolute atomic E-state index is 12.8. The number of carbonyl (C=O) groups is 2. The van der Waals surface area contributed by atoms with Gasteiger partial charge in [0, 0.05) is 12.1 Å². The van der Waals surface area contributed by atoms with Gasteiger partial charge in [0.1, 0.15) is 5.70 Å². The van der Waals surface area contributed by atoms with Crippen LogP contribution in [0.25, 0.3) is 6.08 Å². The summed E-state index contributed by atoms with van der Waals surface area (Å²) in [7, 11) is 0. The zero-order chi connectivity index (χ0) is 21.3. The first-order valence-corrected chi connectivity index (χ1v) is 10.00. The van der Waals surface area contributed by atoms with Crippen LogP contribution in [0.5, 0.6) is 0 Å². The van der Waals surface area contributed by atoms with Gasteiger partial charge in [-0.2, -0.15) is 0 Å². The smallest absolute Gasteiger partial charge is 0.267 e. The predicted octanol–water partition coefficient (Wildman–Crippen LogP) is 4.43. The largest absolute Gasteiger partial charge is 0.350 e. The van der Waals surface area contributed by atoms with Gasteiger partial charge >= 0.3 is 0 Å². The first-order chi connectivity index (χ1) is 14.5. The first kappa shape index (κ1) is 21.1. The van der Waals surface area contributed by atoms with Crippen molar-refractivity contribution in [2.45, 2.75) is 20.3 Å². The van der Waals surface area contributed by atoms with Crippen LogP contribution >= 0.6 is 0 Å². The molecule has 2 amide bonds. The van der Waals surface area contributed by atoms with E-state index in [0.29, 0.717) is 12.1 Å². The Hall–Kier alpha value is -3.66. The van der Waals surface area contributed by atoms with Crippen LogP contribution in [-0.4, -0.2) is 18.4 Å². The number of nitrogens with one attached hydrogen (secondary N) is 2. The second-order valence-corrected chi connectivity index (χ2v) is 7.28. The van der Waals surface area contributed by atoms with Crippen LogP contribution in [0.1, 0.15) is 32.6 Å². The summed E-state index contributed by atoms with van der Waals surface area (Å²) in [5.41, 5.74) is 4.92. The Balaban J connectivity index is 1.74. The van der Waals surface area contributed by atoms with Gasteiger partial charge in [0.05, 0.1) is 0 Å². The van der Waals surface area contributed by atoms with Gasteiger partial charge < -0.3 is 10.6 Å². The molecule has 4 heteroatoms. The van der Waals surface area contributed by atoms with Crippen molar-refractivity contribution in [2.75, 3.05) is 6.54 Å². The van der Waals surface area contributed by atoms with Gasteiger partial charge in [0.25, 0.3) is 11.8 Å². The van der Waals surface area contributed by atoms with E-state index >= 15 is 0 Å². The van der Waals surface area contributed by atoms with E-state index in [-0.39, 0.29) is 17.5 Å². The lowest BCUT2D eigenvalue weighted by molar-refractivity contribution is -0.117. The number of hydrogen-bond donors (Lipinski definition) is 2. The molecule has 0 aliphatic carbocycles. The highest BCUT2D eigenvalue weighted by molar-refractivity contribution is 6.05. The maximum atomic E-state index is 12.8. The van der Waals surface area contributed by atoms with Crippen LogP contribution < -0.4 is 10.6 Å². The molecule has 3 rings (SSSR count). The molecule has 0 radical (unpaired) electrons. The third-order valence-electron chi connectivity index (χ3n) is 4.74. The van der Waals surface area contributed by atoms with E-state index in [4.69, 9.17) is 0 Å². The minimum Gasteiger partial charge on any atom is -0.350 e. The molecule has 0 bridgehead atoms. The van der Waals surface area contributed by atoms with Gasteiger partial charge in [-0.25, -0.2) is 0 Å². The number of benzene rings is 3. The summed E-state index contributed by atoms with van der Waals surface area (Å²) in [5.74, 6) is -0.626. The molecule has 0 unspecified atom stereocenters. The summed E-state index contributed by atoms with van der Waals surface area (Å²) in [6.45, 7) is 4.45. The zero-order valence-electron chi connectivity index (χ0n) is 17.3.